The van der Waals surface area contributed by atoms with E-state index in [0.29, 0.717) is 6.04 Å². The second-order valence-corrected chi connectivity index (χ2v) is 4.68. The predicted octanol–water partition coefficient (Wildman–Crippen LogP) is 4.09. The van der Waals surface area contributed by atoms with Crippen molar-refractivity contribution in [1.82, 2.24) is 10.3 Å². The summed E-state index contributed by atoms with van der Waals surface area (Å²) in [4.78, 5) is 4.18. The van der Waals surface area contributed by atoms with Crippen molar-refractivity contribution in [3.63, 3.8) is 0 Å². The zero-order valence-corrected chi connectivity index (χ0v) is 11.3. The minimum atomic E-state index is 0.467. The Labute approximate surface area is 106 Å². The zero-order chi connectivity index (χ0) is 12.3. The highest BCUT2D eigenvalue weighted by atomic mass is 14.9. The van der Waals surface area contributed by atoms with Crippen molar-refractivity contribution in [1.29, 1.82) is 0 Å². The minimum Gasteiger partial charge on any atom is -0.313 e. The van der Waals surface area contributed by atoms with Gasteiger partial charge >= 0.3 is 0 Å². The van der Waals surface area contributed by atoms with Gasteiger partial charge in [0.2, 0.25) is 0 Å². The number of nitrogens with zero attached hydrogens (tertiary/aromatic N) is 1. The standard InChI is InChI=1S/C15H26N2/c1-3-4-5-6-7-8-11-15(16-2)14-10-9-12-17-13-14/h9-10,12-13,15-16H,3-8,11H2,1-2H3. The molecule has 0 aliphatic rings. The molecule has 2 heteroatoms. The van der Waals surface area contributed by atoms with Gasteiger partial charge in [0.1, 0.15) is 0 Å². The minimum absolute atomic E-state index is 0.467. The van der Waals surface area contributed by atoms with Gasteiger partial charge in [-0.05, 0) is 25.1 Å². The van der Waals surface area contributed by atoms with Crippen LogP contribution in [0.15, 0.2) is 24.5 Å². The van der Waals surface area contributed by atoms with E-state index in [4.69, 9.17) is 0 Å². The molecular weight excluding hydrogens is 208 g/mol. The monoisotopic (exact) mass is 234 g/mol. The Morgan fingerprint density at radius 1 is 1.18 bits per heavy atom. The average molecular weight is 234 g/mol. The normalized spacial score (nSPS) is 12.6. The fourth-order valence-corrected chi connectivity index (χ4v) is 2.19. The molecule has 1 aromatic rings. The lowest BCUT2D eigenvalue weighted by Gasteiger charge is -2.15. The Kier molecular flexibility index (Phi) is 7.65. The van der Waals surface area contributed by atoms with Crippen molar-refractivity contribution in [2.75, 3.05) is 7.05 Å². The number of rotatable bonds is 9. The lowest BCUT2D eigenvalue weighted by Crippen LogP contribution is -2.16. The van der Waals surface area contributed by atoms with Crippen molar-refractivity contribution < 1.29 is 0 Å². The van der Waals surface area contributed by atoms with Crippen LogP contribution in [0.5, 0.6) is 0 Å². The molecule has 96 valence electrons. The van der Waals surface area contributed by atoms with E-state index in [2.05, 4.69) is 23.3 Å². The molecule has 1 unspecified atom stereocenters. The molecule has 0 bridgehead atoms. The van der Waals surface area contributed by atoms with E-state index in [0.717, 1.165) is 0 Å². The van der Waals surface area contributed by atoms with E-state index in [1.54, 1.807) is 0 Å². The smallest absolute Gasteiger partial charge is 0.0332 e. The molecule has 0 aliphatic heterocycles. The SMILES string of the molecule is CCCCCCCCC(NC)c1cccnc1. The average Bonchev–Trinajstić information content (AvgIpc) is 2.39. The van der Waals surface area contributed by atoms with Gasteiger partial charge in [-0.15, -0.1) is 0 Å². The molecule has 0 amide bonds. The summed E-state index contributed by atoms with van der Waals surface area (Å²) in [6.45, 7) is 2.26. The van der Waals surface area contributed by atoms with Gasteiger partial charge < -0.3 is 5.32 Å². The van der Waals surface area contributed by atoms with Crippen LogP contribution in [0.3, 0.4) is 0 Å². The summed E-state index contributed by atoms with van der Waals surface area (Å²) in [6.07, 6.45) is 13.2. The highest BCUT2D eigenvalue weighted by Gasteiger charge is 2.07. The van der Waals surface area contributed by atoms with Gasteiger partial charge in [-0.2, -0.15) is 0 Å². The first kappa shape index (κ1) is 14.2. The first-order chi connectivity index (χ1) is 8.38. The Balaban J connectivity index is 2.20. The third kappa shape index (κ3) is 5.83. The fraction of sp³-hybridized carbons (Fsp3) is 0.667. The number of hydrogen-bond acceptors (Lipinski definition) is 2. The largest absolute Gasteiger partial charge is 0.313 e. The maximum atomic E-state index is 4.18. The maximum absolute atomic E-state index is 4.18. The number of unbranched alkanes of at least 4 members (excludes halogenated alkanes) is 5. The van der Waals surface area contributed by atoms with Gasteiger partial charge in [0, 0.05) is 18.4 Å². The van der Waals surface area contributed by atoms with Crippen molar-refractivity contribution in [3.8, 4) is 0 Å². The topological polar surface area (TPSA) is 24.9 Å². The van der Waals surface area contributed by atoms with Gasteiger partial charge in [0.25, 0.3) is 0 Å². The first-order valence-electron chi connectivity index (χ1n) is 6.95. The molecule has 1 heterocycles. The molecular formula is C15H26N2. The Morgan fingerprint density at radius 3 is 2.59 bits per heavy atom. The van der Waals surface area contributed by atoms with Gasteiger partial charge in [-0.25, -0.2) is 0 Å². The van der Waals surface area contributed by atoms with Crippen molar-refractivity contribution in [2.24, 2.45) is 0 Å². The van der Waals surface area contributed by atoms with Crippen LogP contribution in [-0.2, 0) is 0 Å². The molecule has 0 spiro atoms. The van der Waals surface area contributed by atoms with E-state index in [-0.39, 0.29) is 0 Å². The van der Waals surface area contributed by atoms with E-state index < -0.39 is 0 Å². The fourth-order valence-electron chi connectivity index (χ4n) is 2.19. The number of aromatic nitrogens is 1. The van der Waals surface area contributed by atoms with Gasteiger partial charge in [0.05, 0.1) is 0 Å². The summed E-state index contributed by atoms with van der Waals surface area (Å²) in [6, 6.07) is 4.64. The van der Waals surface area contributed by atoms with E-state index in [1.807, 2.05) is 25.5 Å². The molecule has 1 rings (SSSR count). The van der Waals surface area contributed by atoms with Crippen LogP contribution in [-0.4, -0.2) is 12.0 Å². The first-order valence-corrected chi connectivity index (χ1v) is 6.95. The summed E-state index contributed by atoms with van der Waals surface area (Å²) in [5.41, 5.74) is 1.31. The predicted molar refractivity (Wildman–Crippen MR) is 74.0 cm³/mol. The number of nitrogens with one attached hydrogen (secondary N) is 1. The highest BCUT2D eigenvalue weighted by Crippen LogP contribution is 2.19. The molecule has 2 nitrogen and oxygen atoms in total. The van der Waals surface area contributed by atoms with Crippen LogP contribution in [0.4, 0.5) is 0 Å². The second kappa shape index (κ2) is 9.17. The summed E-state index contributed by atoms with van der Waals surface area (Å²) < 4.78 is 0. The Bertz CT molecular complexity index is 272. The van der Waals surface area contributed by atoms with Crippen LogP contribution in [0.2, 0.25) is 0 Å². The summed E-state index contributed by atoms with van der Waals surface area (Å²) in [5.74, 6) is 0. The quantitative estimate of drug-likeness (QED) is 0.651. The van der Waals surface area contributed by atoms with E-state index in [9.17, 15) is 0 Å². The summed E-state index contributed by atoms with van der Waals surface area (Å²) in [7, 11) is 2.04. The molecule has 17 heavy (non-hydrogen) atoms. The van der Waals surface area contributed by atoms with Crippen molar-refractivity contribution in [2.45, 2.75) is 57.9 Å². The van der Waals surface area contributed by atoms with E-state index >= 15 is 0 Å². The lowest BCUT2D eigenvalue weighted by atomic mass is 10.0. The van der Waals surface area contributed by atoms with Crippen LogP contribution >= 0.6 is 0 Å². The molecule has 0 aliphatic carbocycles. The number of hydrogen-bond donors (Lipinski definition) is 1. The molecule has 0 radical (unpaired) electrons. The molecule has 0 saturated carbocycles. The second-order valence-electron chi connectivity index (χ2n) is 4.68. The van der Waals surface area contributed by atoms with Crippen LogP contribution in [0, 0.1) is 0 Å². The number of pyridine rings is 1. The van der Waals surface area contributed by atoms with Crippen molar-refractivity contribution >= 4 is 0 Å². The van der Waals surface area contributed by atoms with Gasteiger partial charge in [0.15, 0.2) is 0 Å². The molecule has 1 aromatic heterocycles. The maximum Gasteiger partial charge on any atom is 0.0332 e. The van der Waals surface area contributed by atoms with Gasteiger partial charge in [-0.1, -0.05) is 51.5 Å². The molecule has 1 N–H and O–H groups in total. The third-order valence-corrected chi connectivity index (χ3v) is 3.28. The van der Waals surface area contributed by atoms with Crippen LogP contribution < -0.4 is 5.32 Å². The summed E-state index contributed by atoms with van der Waals surface area (Å²) >= 11 is 0. The van der Waals surface area contributed by atoms with Gasteiger partial charge in [-0.3, -0.25) is 4.98 Å². The van der Waals surface area contributed by atoms with E-state index in [1.165, 1.54) is 50.5 Å². The highest BCUT2D eigenvalue weighted by molar-refractivity contribution is 5.13. The van der Waals surface area contributed by atoms with Crippen LogP contribution in [0.1, 0.15) is 63.5 Å². The molecule has 0 saturated heterocycles. The zero-order valence-electron chi connectivity index (χ0n) is 11.3. The molecule has 0 fully saturated rings. The van der Waals surface area contributed by atoms with Crippen LogP contribution in [0.25, 0.3) is 0 Å². The lowest BCUT2D eigenvalue weighted by molar-refractivity contribution is 0.497. The Hall–Kier alpha value is -0.890. The third-order valence-electron chi connectivity index (χ3n) is 3.28. The molecule has 0 aromatic carbocycles. The summed E-state index contributed by atoms with van der Waals surface area (Å²) in [5, 5.41) is 3.38. The molecule has 1 atom stereocenters. The van der Waals surface area contributed by atoms with Crippen molar-refractivity contribution in [3.05, 3.63) is 30.1 Å². The Morgan fingerprint density at radius 2 is 1.94 bits per heavy atom.